The summed E-state index contributed by atoms with van der Waals surface area (Å²) in [5.41, 5.74) is 0.862. The highest BCUT2D eigenvalue weighted by Crippen LogP contribution is 2.33. The summed E-state index contributed by atoms with van der Waals surface area (Å²) in [5.74, 6) is -0.0677. The molecular formula is C14H19N3O4. The molecule has 0 saturated carbocycles. The summed E-state index contributed by atoms with van der Waals surface area (Å²) in [6.45, 7) is 1.28. The number of hydrogen-bond acceptors (Lipinski definition) is 5. The Morgan fingerprint density at radius 1 is 1.52 bits per heavy atom. The Hall–Kier alpha value is -2.15. The first-order valence-electron chi connectivity index (χ1n) is 6.80. The SMILES string of the molecule is CN(C)C(=O)c1ccc([N+](=O)[O-])c(N2CCC(CO)C2)c1. The van der Waals surface area contributed by atoms with E-state index in [0.717, 1.165) is 6.42 Å². The number of hydrogen-bond donors (Lipinski definition) is 1. The molecule has 1 N–H and O–H groups in total. The number of amides is 1. The van der Waals surface area contributed by atoms with Crippen LogP contribution < -0.4 is 4.90 Å². The molecule has 0 aromatic heterocycles. The molecule has 2 rings (SSSR count). The van der Waals surface area contributed by atoms with Gasteiger partial charge in [-0.2, -0.15) is 0 Å². The summed E-state index contributed by atoms with van der Waals surface area (Å²) < 4.78 is 0. The zero-order valence-electron chi connectivity index (χ0n) is 12.2. The van der Waals surface area contributed by atoms with Crippen molar-refractivity contribution in [3.05, 3.63) is 33.9 Å². The maximum absolute atomic E-state index is 12.0. The fraction of sp³-hybridized carbons (Fsp3) is 0.500. The summed E-state index contributed by atoms with van der Waals surface area (Å²) in [6, 6.07) is 4.42. The molecule has 1 heterocycles. The van der Waals surface area contributed by atoms with Crippen LogP contribution in [0.15, 0.2) is 18.2 Å². The minimum Gasteiger partial charge on any atom is -0.396 e. The lowest BCUT2D eigenvalue weighted by Crippen LogP contribution is -2.24. The number of nitro benzene ring substituents is 1. The summed E-state index contributed by atoms with van der Waals surface area (Å²) in [4.78, 5) is 26.1. The van der Waals surface area contributed by atoms with Crippen molar-refractivity contribution in [2.45, 2.75) is 6.42 Å². The van der Waals surface area contributed by atoms with Crippen molar-refractivity contribution >= 4 is 17.3 Å². The third kappa shape index (κ3) is 3.13. The third-order valence-electron chi connectivity index (χ3n) is 3.71. The molecule has 21 heavy (non-hydrogen) atoms. The van der Waals surface area contributed by atoms with Crippen LogP contribution in [0.4, 0.5) is 11.4 Å². The normalized spacial score (nSPS) is 17.9. The van der Waals surface area contributed by atoms with Gasteiger partial charge in [0.2, 0.25) is 0 Å². The molecule has 0 radical (unpaired) electrons. The number of carbonyl (C=O) groups excluding carboxylic acids is 1. The molecule has 1 aliphatic heterocycles. The number of rotatable bonds is 4. The van der Waals surface area contributed by atoms with E-state index in [9.17, 15) is 20.0 Å². The van der Waals surface area contributed by atoms with Crippen LogP contribution in [-0.2, 0) is 0 Å². The predicted octanol–water partition coefficient (Wildman–Crippen LogP) is 1.12. The monoisotopic (exact) mass is 293 g/mol. The molecule has 7 heteroatoms. The lowest BCUT2D eigenvalue weighted by molar-refractivity contribution is -0.384. The summed E-state index contributed by atoms with van der Waals surface area (Å²) in [6.07, 6.45) is 0.791. The third-order valence-corrected chi connectivity index (χ3v) is 3.71. The van der Waals surface area contributed by atoms with Gasteiger partial charge in [0.05, 0.1) is 4.92 Å². The first kappa shape index (κ1) is 15.2. The second kappa shape index (κ2) is 6.09. The molecular weight excluding hydrogens is 274 g/mol. The molecule has 7 nitrogen and oxygen atoms in total. The van der Waals surface area contributed by atoms with Crippen LogP contribution in [0.3, 0.4) is 0 Å². The van der Waals surface area contributed by atoms with Gasteiger partial charge in [-0.1, -0.05) is 0 Å². The second-order valence-electron chi connectivity index (χ2n) is 5.44. The molecule has 1 amide bonds. The highest BCUT2D eigenvalue weighted by molar-refractivity contribution is 5.95. The average molecular weight is 293 g/mol. The van der Waals surface area contributed by atoms with Crippen LogP contribution in [0.2, 0.25) is 0 Å². The first-order chi connectivity index (χ1) is 9.93. The van der Waals surface area contributed by atoms with E-state index in [1.54, 1.807) is 20.2 Å². The number of nitrogens with zero attached hydrogens (tertiary/aromatic N) is 3. The fourth-order valence-corrected chi connectivity index (χ4v) is 2.52. The van der Waals surface area contributed by atoms with Crippen molar-refractivity contribution in [1.29, 1.82) is 0 Å². The largest absolute Gasteiger partial charge is 0.396 e. The molecule has 1 unspecified atom stereocenters. The number of benzene rings is 1. The molecule has 1 aromatic carbocycles. The van der Waals surface area contributed by atoms with E-state index in [0.29, 0.717) is 24.3 Å². The van der Waals surface area contributed by atoms with Gasteiger partial charge >= 0.3 is 0 Å². The van der Waals surface area contributed by atoms with Gasteiger partial charge < -0.3 is 14.9 Å². The van der Waals surface area contributed by atoms with Crippen molar-refractivity contribution in [1.82, 2.24) is 4.90 Å². The highest BCUT2D eigenvalue weighted by Gasteiger charge is 2.28. The number of aliphatic hydroxyl groups excluding tert-OH is 1. The topological polar surface area (TPSA) is 86.9 Å². The molecule has 114 valence electrons. The van der Waals surface area contributed by atoms with E-state index in [1.165, 1.54) is 17.0 Å². The second-order valence-corrected chi connectivity index (χ2v) is 5.44. The van der Waals surface area contributed by atoms with Crippen molar-refractivity contribution < 1.29 is 14.8 Å². The standard InChI is InChI=1S/C14H19N3O4/c1-15(2)14(19)11-3-4-12(17(20)21)13(7-11)16-6-5-10(8-16)9-18/h3-4,7,10,18H,5-6,8-9H2,1-2H3. The van der Waals surface area contributed by atoms with Crippen molar-refractivity contribution in [3.63, 3.8) is 0 Å². The summed E-state index contributed by atoms with van der Waals surface area (Å²) in [5, 5.41) is 20.4. The Kier molecular flexibility index (Phi) is 4.42. The van der Waals surface area contributed by atoms with Crippen LogP contribution in [0, 0.1) is 16.0 Å². The van der Waals surface area contributed by atoms with Crippen molar-refractivity contribution in [3.8, 4) is 0 Å². The first-order valence-corrected chi connectivity index (χ1v) is 6.80. The van der Waals surface area contributed by atoms with Gasteiger partial charge in [-0.05, 0) is 18.6 Å². The Labute approximate surface area is 122 Å². The minimum absolute atomic E-state index is 0.0103. The smallest absolute Gasteiger partial charge is 0.292 e. The van der Waals surface area contributed by atoms with Gasteiger partial charge in [-0.3, -0.25) is 14.9 Å². The van der Waals surface area contributed by atoms with Crippen LogP contribution in [0.1, 0.15) is 16.8 Å². The van der Waals surface area contributed by atoms with Gasteiger partial charge in [0.15, 0.2) is 0 Å². The zero-order valence-corrected chi connectivity index (χ0v) is 12.2. The van der Waals surface area contributed by atoms with Gasteiger partial charge in [-0.15, -0.1) is 0 Å². The lowest BCUT2D eigenvalue weighted by atomic mass is 10.1. The summed E-state index contributed by atoms with van der Waals surface area (Å²) in [7, 11) is 3.28. The van der Waals surface area contributed by atoms with Crippen LogP contribution >= 0.6 is 0 Å². The van der Waals surface area contributed by atoms with Crippen LogP contribution in [0.5, 0.6) is 0 Å². The molecule has 1 atom stereocenters. The molecule has 0 aliphatic carbocycles. The maximum atomic E-state index is 12.0. The van der Waals surface area contributed by atoms with Gasteiger partial charge in [0, 0.05) is 51.3 Å². The summed E-state index contributed by atoms with van der Waals surface area (Å²) >= 11 is 0. The average Bonchev–Trinajstić information content (AvgIpc) is 2.94. The molecule has 1 saturated heterocycles. The molecule has 0 bridgehead atoms. The van der Waals surface area contributed by atoms with Crippen molar-refractivity contribution in [2.24, 2.45) is 5.92 Å². The van der Waals surface area contributed by atoms with Gasteiger partial charge in [-0.25, -0.2) is 0 Å². The molecule has 0 spiro atoms. The zero-order chi connectivity index (χ0) is 15.6. The Morgan fingerprint density at radius 3 is 2.76 bits per heavy atom. The molecule has 1 aliphatic rings. The van der Waals surface area contributed by atoms with E-state index in [2.05, 4.69) is 0 Å². The van der Waals surface area contributed by atoms with Crippen LogP contribution in [-0.4, -0.2) is 54.6 Å². The number of anilines is 1. The van der Waals surface area contributed by atoms with E-state index in [4.69, 9.17) is 0 Å². The van der Waals surface area contributed by atoms with Gasteiger partial charge in [0.25, 0.3) is 11.6 Å². The Bertz CT molecular complexity index is 559. The quantitative estimate of drug-likeness (QED) is 0.664. The number of carbonyl (C=O) groups is 1. The highest BCUT2D eigenvalue weighted by atomic mass is 16.6. The lowest BCUT2D eigenvalue weighted by Gasteiger charge is -2.19. The van der Waals surface area contributed by atoms with Crippen molar-refractivity contribution in [2.75, 3.05) is 38.7 Å². The van der Waals surface area contributed by atoms with E-state index >= 15 is 0 Å². The van der Waals surface area contributed by atoms with Crippen LogP contribution in [0.25, 0.3) is 0 Å². The Morgan fingerprint density at radius 2 is 2.24 bits per heavy atom. The Balaban J connectivity index is 2.38. The van der Waals surface area contributed by atoms with E-state index < -0.39 is 4.92 Å². The minimum atomic E-state index is -0.439. The number of aliphatic hydroxyl groups is 1. The predicted molar refractivity (Wildman–Crippen MR) is 78.5 cm³/mol. The maximum Gasteiger partial charge on any atom is 0.292 e. The van der Waals surface area contributed by atoms with E-state index in [-0.39, 0.29) is 24.1 Å². The van der Waals surface area contributed by atoms with Gasteiger partial charge in [0.1, 0.15) is 5.69 Å². The number of nitro groups is 1. The molecule has 1 fully saturated rings. The van der Waals surface area contributed by atoms with E-state index in [1.807, 2.05) is 4.90 Å². The fourth-order valence-electron chi connectivity index (χ4n) is 2.52. The molecule has 1 aromatic rings.